The third-order valence-corrected chi connectivity index (χ3v) is 7.87. The fourth-order valence-electron chi connectivity index (χ4n) is 5.67. The Bertz CT molecular complexity index is 1320. The zero-order valence-corrected chi connectivity index (χ0v) is 22.0. The lowest BCUT2D eigenvalue weighted by Crippen LogP contribution is -2.51. The van der Waals surface area contributed by atoms with Crippen molar-refractivity contribution in [3.63, 3.8) is 0 Å². The number of aromatic amines is 1. The van der Waals surface area contributed by atoms with E-state index in [0.29, 0.717) is 26.1 Å². The summed E-state index contributed by atoms with van der Waals surface area (Å²) >= 11 is 0. The van der Waals surface area contributed by atoms with Crippen molar-refractivity contribution in [1.29, 1.82) is 0 Å². The zero-order chi connectivity index (χ0) is 26.1. The Morgan fingerprint density at radius 1 is 1.22 bits per heavy atom. The first-order valence-corrected chi connectivity index (χ1v) is 13.0. The van der Waals surface area contributed by atoms with Gasteiger partial charge in [-0.2, -0.15) is 5.10 Å². The van der Waals surface area contributed by atoms with Gasteiger partial charge in [0.1, 0.15) is 0 Å². The second kappa shape index (κ2) is 10.3. The predicted octanol–water partition coefficient (Wildman–Crippen LogP) is 4.53. The molecule has 2 N–H and O–H groups in total. The van der Waals surface area contributed by atoms with E-state index in [1.807, 2.05) is 53.2 Å². The number of nitrogens with one attached hydrogen (secondary N) is 2. The van der Waals surface area contributed by atoms with Crippen LogP contribution in [0.15, 0.2) is 54.9 Å². The number of aromatic nitrogens is 2. The summed E-state index contributed by atoms with van der Waals surface area (Å²) in [6.45, 7) is 8.33. The number of allylic oxidation sites excluding steroid dienone is 1. The summed E-state index contributed by atoms with van der Waals surface area (Å²) < 4.78 is 0. The second-order valence-corrected chi connectivity index (χ2v) is 10.6. The number of benzene rings is 2. The third-order valence-electron chi connectivity index (χ3n) is 7.87. The molecule has 1 atom stereocenters. The van der Waals surface area contributed by atoms with Crippen LogP contribution in [0.1, 0.15) is 36.0 Å². The summed E-state index contributed by atoms with van der Waals surface area (Å²) in [5.41, 5.74) is 6.37. The van der Waals surface area contributed by atoms with E-state index in [2.05, 4.69) is 47.2 Å². The molecule has 37 heavy (non-hydrogen) atoms. The van der Waals surface area contributed by atoms with Crippen molar-refractivity contribution in [3.8, 4) is 0 Å². The van der Waals surface area contributed by atoms with Crippen LogP contribution < -0.4 is 5.32 Å². The van der Waals surface area contributed by atoms with Crippen molar-refractivity contribution in [2.75, 3.05) is 32.5 Å². The van der Waals surface area contributed by atoms with E-state index in [1.165, 1.54) is 5.56 Å². The van der Waals surface area contributed by atoms with Crippen LogP contribution in [0.3, 0.4) is 0 Å². The number of anilines is 1. The van der Waals surface area contributed by atoms with E-state index in [4.69, 9.17) is 0 Å². The largest absolute Gasteiger partial charge is 0.381 e. The van der Waals surface area contributed by atoms with Crippen LogP contribution in [-0.4, -0.2) is 70.1 Å². The SMILES string of the molecule is C=C(C(CC(=O)N1CCC(N2Cc3ccccc3NC2=O)CC1)Cc1cc(C)c2[nH]ncc2c1)N(C)C. The Labute approximate surface area is 218 Å². The average Bonchev–Trinajstić information content (AvgIpc) is 3.37. The highest BCUT2D eigenvalue weighted by Gasteiger charge is 2.33. The molecule has 0 aliphatic carbocycles. The molecule has 0 spiro atoms. The first kappa shape index (κ1) is 24.9. The Hall–Kier alpha value is -3.81. The Balaban J connectivity index is 1.22. The van der Waals surface area contributed by atoms with Gasteiger partial charge in [-0.15, -0.1) is 0 Å². The van der Waals surface area contributed by atoms with E-state index in [-0.39, 0.29) is 23.9 Å². The normalized spacial score (nSPS) is 16.9. The molecular weight excluding hydrogens is 464 g/mol. The quantitative estimate of drug-likeness (QED) is 0.499. The molecule has 3 aromatic rings. The number of hydrogen-bond acceptors (Lipinski definition) is 4. The zero-order valence-electron chi connectivity index (χ0n) is 22.0. The van der Waals surface area contributed by atoms with Crippen molar-refractivity contribution >= 4 is 28.5 Å². The molecule has 0 saturated carbocycles. The van der Waals surface area contributed by atoms with Crippen molar-refractivity contribution in [1.82, 2.24) is 24.9 Å². The summed E-state index contributed by atoms with van der Waals surface area (Å²) in [4.78, 5) is 32.1. The fraction of sp³-hybridized carbons (Fsp3) is 0.414. The number of hydrogen-bond donors (Lipinski definition) is 2. The van der Waals surface area contributed by atoms with E-state index in [0.717, 1.165) is 52.7 Å². The number of urea groups is 1. The number of carbonyl (C=O) groups is 2. The van der Waals surface area contributed by atoms with Crippen LogP contribution >= 0.6 is 0 Å². The Morgan fingerprint density at radius 3 is 2.73 bits per heavy atom. The minimum absolute atomic E-state index is 0.00773. The topological polar surface area (TPSA) is 84.6 Å². The van der Waals surface area contributed by atoms with Crippen LogP contribution in [-0.2, 0) is 17.8 Å². The highest BCUT2D eigenvalue weighted by molar-refractivity contribution is 5.92. The molecule has 2 aliphatic rings. The number of nitrogens with zero attached hydrogens (tertiary/aromatic N) is 4. The van der Waals surface area contributed by atoms with Gasteiger partial charge >= 0.3 is 6.03 Å². The van der Waals surface area contributed by atoms with Gasteiger partial charge in [-0.1, -0.05) is 30.8 Å². The van der Waals surface area contributed by atoms with Gasteiger partial charge in [0.2, 0.25) is 5.91 Å². The van der Waals surface area contributed by atoms with Crippen molar-refractivity contribution in [2.24, 2.45) is 5.92 Å². The molecule has 0 bridgehead atoms. The van der Waals surface area contributed by atoms with E-state index in [1.54, 1.807) is 0 Å². The average molecular weight is 501 g/mol. The molecule has 3 amide bonds. The molecule has 1 saturated heterocycles. The number of amides is 3. The van der Waals surface area contributed by atoms with Gasteiger partial charge < -0.3 is 20.0 Å². The lowest BCUT2D eigenvalue weighted by Gasteiger charge is -2.41. The predicted molar refractivity (Wildman–Crippen MR) is 146 cm³/mol. The van der Waals surface area contributed by atoms with Gasteiger partial charge in [0.25, 0.3) is 0 Å². The van der Waals surface area contributed by atoms with Gasteiger partial charge in [0.05, 0.1) is 11.7 Å². The smallest absolute Gasteiger partial charge is 0.322 e. The number of rotatable bonds is 7. The molecular formula is C29H36N6O2. The molecule has 8 nitrogen and oxygen atoms in total. The van der Waals surface area contributed by atoms with E-state index < -0.39 is 0 Å². The number of piperidine rings is 1. The Morgan fingerprint density at radius 2 is 1.97 bits per heavy atom. The maximum absolute atomic E-state index is 13.4. The van der Waals surface area contributed by atoms with Crippen LogP contribution in [0, 0.1) is 12.8 Å². The highest BCUT2D eigenvalue weighted by Crippen LogP contribution is 2.29. The minimum atomic E-state index is -0.0456. The van der Waals surface area contributed by atoms with Gasteiger partial charge in [-0.25, -0.2) is 4.79 Å². The first-order valence-electron chi connectivity index (χ1n) is 13.0. The van der Waals surface area contributed by atoms with Gasteiger partial charge in [0, 0.05) is 68.9 Å². The van der Waals surface area contributed by atoms with Crippen molar-refractivity contribution < 1.29 is 9.59 Å². The van der Waals surface area contributed by atoms with Crippen LogP contribution in [0.25, 0.3) is 10.9 Å². The van der Waals surface area contributed by atoms with Crippen LogP contribution in [0.5, 0.6) is 0 Å². The molecule has 1 fully saturated rings. The standard InChI is InChI=1S/C29H36N6O2/c1-19-13-21(15-24-17-30-32-28(19)24)14-23(20(2)33(3)4)16-27(36)34-11-9-25(10-12-34)35-18-22-7-5-6-8-26(22)31-29(35)37/h5-8,13,15,17,23,25H,2,9-12,14,16,18H2,1,3-4H3,(H,30,32)(H,31,37). The van der Waals surface area contributed by atoms with Gasteiger partial charge in [-0.3, -0.25) is 9.89 Å². The summed E-state index contributed by atoms with van der Waals surface area (Å²) in [7, 11) is 3.97. The highest BCUT2D eigenvalue weighted by atomic mass is 16.2. The lowest BCUT2D eigenvalue weighted by atomic mass is 9.90. The van der Waals surface area contributed by atoms with Crippen molar-refractivity contribution in [2.45, 2.75) is 45.2 Å². The van der Waals surface area contributed by atoms with Crippen LogP contribution in [0.4, 0.5) is 10.5 Å². The number of para-hydroxylation sites is 1. The summed E-state index contributed by atoms with van der Waals surface area (Å²) in [6, 6.07) is 12.4. The summed E-state index contributed by atoms with van der Waals surface area (Å²) in [5.74, 6) is 0.161. The number of H-pyrrole nitrogens is 1. The molecule has 194 valence electrons. The monoisotopic (exact) mass is 500 g/mol. The molecule has 8 heteroatoms. The van der Waals surface area contributed by atoms with E-state index in [9.17, 15) is 9.59 Å². The Kier molecular flexibility index (Phi) is 6.91. The number of carbonyl (C=O) groups excluding carboxylic acids is 2. The molecule has 2 aromatic carbocycles. The number of fused-ring (bicyclic) bond motifs is 2. The third kappa shape index (κ3) is 5.19. The summed E-state index contributed by atoms with van der Waals surface area (Å²) in [5, 5.41) is 11.3. The van der Waals surface area contributed by atoms with Gasteiger partial charge in [0.15, 0.2) is 0 Å². The molecule has 0 radical (unpaired) electrons. The van der Waals surface area contributed by atoms with Crippen LogP contribution in [0.2, 0.25) is 0 Å². The van der Waals surface area contributed by atoms with Crippen molar-refractivity contribution in [3.05, 3.63) is 71.6 Å². The lowest BCUT2D eigenvalue weighted by molar-refractivity contribution is -0.133. The molecule has 1 unspecified atom stereocenters. The first-order chi connectivity index (χ1) is 17.8. The number of likely N-dealkylation sites (tertiary alicyclic amines) is 1. The van der Waals surface area contributed by atoms with E-state index >= 15 is 0 Å². The minimum Gasteiger partial charge on any atom is -0.381 e. The second-order valence-electron chi connectivity index (χ2n) is 10.6. The number of aryl methyl sites for hydroxylation is 1. The molecule has 2 aliphatic heterocycles. The summed E-state index contributed by atoms with van der Waals surface area (Å²) in [6.07, 6.45) is 4.59. The molecule has 5 rings (SSSR count). The molecule has 1 aromatic heterocycles. The maximum atomic E-state index is 13.4. The maximum Gasteiger partial charge on any atom is 0.322 e. The molecule has 3 heterocycles. The van der Waals surface area contributed by atoms with Gasteiger partial charge in [-0.05, 0) is 55.0 Å². The fourth-order valence-corrected chi connectivity index (χ4v) is 5.67.